The molecular weight excluding hydrogens is 362 g/mol. The molecule has 5 heteroatoms. The Bertz CT molecular complexity index is 986. The Hall–Kier alpha value is -3.31. The van der Waals surface area contributed by atoms with Gasteiger partial charge in [0.25, 0.3) is 0 Å². The van der Waals surface area contributed by atoms with E-state index in [1.807, 2.05) is 60.7 Å². The number of nitrogens with one attached hydrogen (secondary N) is 1. The van der Waals surface area contributed by atoms with Gasteiger partial charge in [-0.1, -0.05) is 42.5 Å². The van der Waals surface area contributed by atoms with Gasteiger partial charge in [0.15, 0.2) is 0 Å². The van der Waals surface area contributed by atoms with Crippen molar-refractivity contribution in [3.63, 3.8) is 0 Å². The number of furan rings is 1. The number of carbonyl (C=O) groups is 1. The quantitative estimate of drug-likeness (QED) is 0.661. The lowest BCUT2D eigenvalue weighted by molar-refractivity contribution is -0.111. The zero-order valence-electron chi connectivity index (χ0n) is 16.5. The lowest BCUT2D eigenvalue weighted by Crippen LogP contribution is -2.44. The molecule has 0 aliphatic carbocycles. The first-order valence-electron chi connectivity index (χ1n) is 9.86. The van der Waals surface area contributed by atoms with E-state index in [4.69, 9.17) is 4.42 Å². The lowest BCUT2D eigenvalue weighted by Gasteiger charge is -2.35. The number of piperazine rings is 1. The Labute approximate surface area is 171 Å². The monoisotopic (exact) mass is 387 g/mol. The molecule has 2 aromatic carbocycles. The molecule has 0 bridgehead atoms. The summed E-state index contributed by atoms with van der Waals surface area (Å²) >= 11 is 0. The van der Waals surface area contributed by atoms with Crippen LogP contribution in [-0.4, -0.2) is 44.0 Å². The van der Waals surface area contributed by atoms with Gasteiger partial charge in [-0.25, -0.2) is 0 Å². The van der Waals surface area contributed by atoms with Crippen LogP contribution in [0.25, 0.3) is 17.4 Å². The molecule has 1 N–H and O–H groups in total. The number of carbonyl (C=O) groups excluding carboxylic acids is 1. The fourth-order valence-corrected chi connectivity index (χ4v) is 3.43. The largest absolute Gasteiger partial charge is 0.457 e. The highest BCUT2D eigenvalue weighted by Gasteiger charge is 2.17. The Kier molecular flexibility index (Phi) is 5.77. The van der Waals surface area contributed by atoms with Crippen LogP contribution in [0.1, 0.15) is 5.76 Å². The average Bonchev–Trinajstić information content (AvgIpc) is 3.23. The number of nitrogens with zero attached hydrogens (tertiary/aromatic N) is 2. The first-order chi connectivity index (χ1) is 14.2. The van der Waals surface area contributed by atoms with E-state index in [0.29, 0.717) is 5.76 Å². The maximum atomic E-state index is 12.5. The molecule has 1 saturated heterocycles. The molecular formula is C24H25N3O2. The third kappa shape index (κ3) is 4.76. The highest BCUT2D eigenvalue weighted by molar-refractivity contribution is 6.03. The smallest absolute Gasteiger partial charge is 0.248 e. The van der Waals surface area contributed by atoms with Gasteiger partial charge < -0.3 is 19.5 Å². The number of para-hydroxylation sites is 2. The second-order valence-electron chi connectivity index (χ2n) is 7.20. The van der Waals surface area contributed by atoms with E-state index in [0.717, 1.165) is 48.9 Å². The topological polar surface area (TPSA) is 48.7 Å². The summed E-state index contributed by atoms with van der Waals surface area (Å²) in [6.07, 6.45) is 3.20. The molecule has 4 rings (SSSR count). The van der Waals surface area contributed by atoms with Crippen molar-refractivity contribution in [3.05, 3.63) is 78.6 Å². The molecule has 29 heavy (non-hydrogen) atoms. The van der Waals surface area contributed by atoms with Crippen molar-refractivity contribution in [2.75, 3.05) is 43.4 Å². The Morgan fingerprint density at radius 2 is 1.66 bits per heavy atom. The van der Waals surface area contributed by atoms with Crippen molar-refractivity contribution in [1.29, 1.82) is 0 Å². The summed E-state index contributed by atoms with van der Waals surface area (Å²) in [5.74, 6) is 1.25. The third-order valence-corrected chi connectivity index (χ3v) is 5.09. The minimum Gasteiger partial charge on any atom is -0.457 e. The number of benzene rings is 2. The normalized spacial score (nSPS) is 15.0. The van der Waals surface area contributed by atoms with Crippen molar-refractivity contribution < 1.29 is 9.21 Å². The van der Waals surface area contributed by atoms with Gasteiger partial charge >= 0.3 is 0 Å². The first-order valence-corrected chi connectivity index (χ1v) is 9.86. The molecule has 1 fully saturated rings. The molecule has 2 heterocycles. The Balaban J connectivity index is 1.42. The van der Waals surface area contributed by atoms with E-state index in [1.165, 1.54) is 6.08 Å². The fourth-order valence-electron chi connectivity index (χ4n) is 3.43. The highest BCUT2D eigenvalue weighted by Crippen LogP contribution is 2.27. The summed E-state index contributed by atoms with van der Waals surface area (Å²) in [6.45, 7) is 3.94. The second-order valence-corrected chi connectivity index (χ2v) is 7.20. The zero-order chi connectivity index (χ0) is 20.1. The van der Waals surface area contributed by atoms with Gasteiger partial charge in [0.1, 0.15) is 11.5 Å². The number of hydrogen-bond acceptors (Lipinski definition) is 4. The van der Waals surface area contributed by atoms with E-state index < -0.39 is 0 Å². The summed E-state index contributed by atoms with van der Waals surface area (Å²) in [4.78, 5) is 17.1. The van der Waals surface area contributed by atoms with Gasteiger partial charge in [-0.2, -0.15) is 0 Å². The van der Waals surface area contributed by atoms with E-state index in [9.17, 15) is 4.79 Å². The number of anilines is 2. The molecule has 1 aromatic heterocycles. The van der Waals surface area contributed by atoms with E-state index in [2.05, 4.69) is 28.2 Å². The molecule has 0 saturated carbocycles. The summed E-state index contributed by atoms with van der Waals surface area (Å²) < 4.78 is 5.82. The Morgan fingerprint density at radius 3 is 2.45 bits per heavy atom. The van der Waals surface area contributed by atoms with Crippen molar-refractivity contribution in [1.82, 2.24) is 4.90 Å². The van der Waals surface area contributed by atoms with Crippen LogP contribution in [0.2, 0.25) is 0 Å². The maximum absolute atomic E-state index is 12.5. The summed E-state index contributed by atoms with van der Waals surface area (Å²) in [5.41, 5.74) is 2.90. The van der Waals surface area contributed by atoms with Gasteiger partial charge in [-0.15, -0.1) is 0 Å². The van der Waals surface area contributed by atoms with Crippen LogP contribution >= 0.6 is 0 Å². The van der Waals surface area contributed by atoms with Crippen molar-refractivity contribution in [2.45, 2.75) is 0 Å². The molecule has 0 unspecified atom stereocenters. The Morgan fingerprint density at radius 1 is 0.931 bits per heavy atom. The average molecular weight is 387 g/mol. The molecule has 0 radical (unpaired) electrons. The van der Waals surface area contributed by atoms with Crippen LogP contribution in [0.5, 0.6) is 0 Å². The minimum absolute atomic E-state index is 0.177. The molecule has 1 aliphatic rings. The fraction of sp³-hybridized carbons (Fsp3) is 0.208. The molecule has 0 spiro atoms. The molecule has 1 amide bonds. The highest BCUT2D eigenvalue weighted by atomic mass is 16.3. The maximum Gasteiger partial charge on any atom is 0.248 e. The van der Waals surface area contributed by atoms with Gasteiger partial charge in [0.05, 0.1) is 11.4 Å². The molecule has 3 aromatic rings. The predicted molar refractivity (Wildman–Crippen MR) is 118 cm³/mol. The van der Waals surface area contributed by atoms with Crippen molar-refractivity contribution >= 4 is 23.4 Å². The molecule has 5 nitrogen and oxygen atoms in total. The van der Waals surface area contributed by atoms with Gasteiger partial charge in [0.2, 0.25) is 5.91 Å². The summed E-state index contributed by atoms with van der Waals surface area (Å²) in [6, 6.07) is 21.6. The van der Waals surface area contributed by atoms with Crippen LogP contribution < -0.4 is 10.2 Å². The van der Waals surface area contributed by atoms with Crippen LogP contribution in [0.15, 0.2) is 77.2 Å². The van der Waals surface area contributed by atoms with Crippen LogP contribution in [0.4, 0.5) is 11.4 Å². The second kappa shape index (κ2) is 8.80. The van der Waals surface area contributed by atoms with E-state index >= 15 is 0 Å². The molecule has 148 valence electrons. The summed E-state index contributed by atoms with van der Waals surface area (Å²) in [5, 5.41) is 3.01. The number of hydrogen-bond donors (Lipinski definition) is 1. The van der Waals surface area contributed by atoms with Crippen LogP contribution in [0.3, 0.4) is 0 Å². The van der Waals surface area contributed by atoms with Gasteiger partial charge in [0, 0.05) is 37.8 Å². The minimum atomic E-state index is -0.177. The lowest BCUT2D eigenvalue weighted by atomic mass is 10.2. The van der Waals surface area contributed by atoms with Gasteiger partial charge in [-0.05, 0) is 37.4 Å². The first kappa shape index (κ1) is 19.0. The SMILES string of the molecule is CN1CCN(c2ccccc2NC(=O)/C=C/c2ccc(-c3ccccc3)o2)CC1. The number of rotatable bonds is 5. The zero-order valence-corrected chi connectivity index (χ0v) is 16.5. The number of amides is 1. The molecule has 0 atom stereocenters. The molecule has 1 aliphatic heterocycles. The van der Waals surface area contributed by atoms with Crippen LogP contribution in [0, 0.1) is 0 Å². The van der Waals surface area contributed by atoms with Gasteiger partial charge in [-0.3, -0.25) is 4.79 Å². The van der Waals surface area contributed by atoms with Crippen molar-refractivity contribution in [3.8, 4) is 11.3 Å². The predicted octanol–water partition coefficient (Wildman–Crippen LogP) is 4.35. The van der Waals surface area contributed by atoms with E-state index in [-0.39, 0.29) is 5.91 Å². The van der Waals surface area contributed by atoms with Crippen molar-refractivity contribution in [2.24, 2.45) is 0 Å². The van der Waals surface area contributed by atoms with E-state index in [1.54, 1.807) is 6.08 Å². The standard InChI is InChI=1S/C24H25N3O2/c1-26-15-17-27(18-16-26)22-10-6-5-9-21(22)25-24(28)14-12-20-11-13-23(29-20)19-7-3-2-4-8-19/h2-14H,15-18H2,1H3,(H,25,28)/b14-12+. The third-order valence-electron chi connectivity index (χ3n) is 5.09. The summed E-state index contributed by atoms with van der Waals surface area (Å²) in [7, 11) is 2.13. The number of likely N-dealkylation sites (N-methyl/N-ethyl adjacent to an activating group) is 1. The van der Waals surface area contributed by atoms with Crippen LogP contribution in [-0.2, 0) is 4.79 Å².